The second kappa shape index (κ2) is 7.66. The van der Waals surface area contributed by atoms with Crippen LogP contribution in [0.5, 0.6) is 0 Å². The van der Waals surface area contributed by atoms with Gasteiger partial charge in [-0.05, 0) is 66.6 Å². The minimum atomic E-state index is -3.56. The first-order chi connectivity index (χ1) is 13.9. The van der Waals surface area contributed by atoms with Gasteiger partial charge in [-0.15, -0.1) is 11.3 Å². The molecule has 0 aliphatic heterocycles. The number of anilines is 1. The Morgan fingerprint density at radius 2 is 1.76 bits per heavy atom. The number of aryl methyl sites for hydroxylation is 1. The Bertz CT molecular complexity index is 1320. The molecule has 0 aliphatic carbocycles. The molecule has 0 amide bonds. The number of benzene rings is 3. The Morgan fingerprint density at radius 1 is 1.03 bits per heavy atom. The maximum Gasteiger partial charge on any atom is 0.236 e. The smallest absolute Gasteiger partial charge is 0.236 e. The molecule has 0 fully saturated rings. The van der Waals surface area contributed by atoms with Gasteiger partial charge in [0.1, 0.15) is 5.01 Å². The van der Waals surface area contributed by atoms with E-state index < -0.39 is 10.0 Å². The average Bonchev–Trinajstić information content (AvgIpc) is 3.11. The fraction of sp³-hybridized carbons (Fsp3) is 0.0909. The maximum absolute atomic E-state index is 12.4. The van der Waals surface area contributed by atoms with Crippen molar-refractivity contribution in [1.82, 2.24) is 4.98 Å². The average molecular weight is 420 g/mol. The van der Waals surface area contributed by atoms with Gasteiger partial charge in [0, 0.05) is 11.3 Å². The third-order valence-electron chi connectivity index (χ3n) is 4.39. The summed E-state index contributed by atoms with van der Waals surface area (Å²) in [6.07, 6.45) is 0. The molecule has 0 aliphatic rings. The normalized spacial score (nSPS) is 11.3. The van der Waals surface area contributed by atoms with Crippen molar-refractivity contribution >= 4 is 37.3 Å². The number of hydrogen-bond acceptors (Lipinski definition) is 5. The summed E-state index contributed by atoms with van der Waals surface area (Å²) < 4.78 is 28.6. The summed E-state index contributed by atoms with van der Waals surface area (Å²) in [5, 5.41) is 9.73. The Balaban J connectivity index is 1.50. The molecule has 1 aromatic heterocycles. The predicted molar refractivity (Wildman–Crippen MR) is 117 cm³/mol. The summed E-state index contributed by atoms with van der Waals surface area (Å²) >= 11 is 1.62. The highest BCUT2D eigenvalue weighted by molar-refractivity contribution is 7.91. The molecule has 0 saturated heterocycles. The molecule has 144 valence electrons. The van der Waals surface area contributed by atoms with Crippen LogP contribution in [0.25, 0.3) is 20.8 Å². The summed E-state index contributed by atoms with van der Waals surface area (Å²) in [5.74, 6) is -0.155. The van der Waals surface area contributed by atoms with E-state index >= 15 is 0 Å². The van der Waals surface area contributed by atoms with Gasteiger partial charge < -0.3 is 0 Å². The van der Waals surface area contributed by atoms with Crippen LogP contribution in [0, 0.1) is 18.3 Å². The topological polar surface area (TPSA) is 82.8 Å². The van der Waals surface area contributed by atoms with Crippen LogP contribution >= 0.6 is 11.3 Å². The van der Waals surface area contributed by atoms with Gasteiger partial charge in [-0.25, -0.2) is 13.4 Å². The first-order valence-corrected chi connectivity index (χ1v) is 11.4. The summed E-state index contributed by atoms with van der Waals surface area (Å²) in [6.45, 7) is 2.05. The van der Waals surface area contributed by atoms with Crippen molar-refractivity contribution in [3.63, 3.8) is 0 Å². The molecule has 3 aromatic carbocycles. The van der Waals surface area contributed by atoms with Crippen LogP contribution in [-0.4, -0.2) is 13.4 Å². The highest BCUT2D eigenvalue weighted by atomic mass is 32.2. The van der Waals surface area contributed by atoms with Gasteiger partial charge in [0.05, 0.1) is 27.6 Å². The lowest BCUT2D eigenvalue weighted by Gasteiger charge is -2.08. The number of fused-ring (bicyclic) bond motifs is 1. The molecule has 0 spiro atoms. The van der Waals surface area contributed by atoms with Crippen LogP contribution < -0.4 is 4.72 Å². The Kier molecular flexibility index (Phi) is 5.05. The summed E-state index contributed by atoms with van der Waals surface area (Å²) in [4.78, 5) is 4.66. The van der Waals surface area contributed by atoms with Crippen LogP contribution in [0.4, 0.5) is 5.69 Å². The Hall–Kier alpha value is -3.21. The number of aromatic nitrogens is 1. The SMILES string of the molecule is Cc1ccc2nc(-c3ccc(NS(=O)(=O)Cc4ccc(C#N)cc4)cc3)sc2c1. The molecule has 1 N–H and O–H groups in total. The van der Waals surface area contributed by atoms with Crippen LogP contribution in [0.1, 0.15) is 16.7 Å². The third kappa shape index (κ3) is 4.45. The zero-order valence-electron chi connectivity index (χ0n) is 15.6. The van der Waals surface area contributed by atoms with E-state index in [-0.39, 0.29) is 5.75 Å². The highest BCUT2D eigenvalue weighted by Crippen LogP contribution is 2.31. The van der Waals surface area contributed by atoms with Crippen molar-refractivity contribution in [2.24, 2.45) is 0 Å². The fourth-order valence-electron chi connectivity index (χ4n) is 2.95. The standard InChI is InChI=1S/C22H17N3O2S2/c1-15-2-11-20-21(12-15)28-22(24-20)18-7-9-19(10-8-18)25-29(26,27)14-17-5-3-16(13-23)4-6-17/h2-12,25H,14H2,1H3. The van der Waals surface area contributed by atoms with Crippen LogP contribution in [0.3, 0.4) is 0 Å². The lowest BCUT2D eigenvalue weighted by molar-refractivity contribution is 0.600. The second-order valence-corrected chi connectivity index (χ2v) is 9.49. The minimum absolute atomic E-state index is 0.155. The van der Waals surface area contributed by atoms with E-state index in [1.165, 1.54) is 5.56 Å². The van der Waals surface area contributed by atoms with E-state index in [0.717, 1.165) is 20.8 Å². The van der Waals surface area contributed by atoms with Crippen molar-refractivity contribution in [3.05, 3.63) is 83.4 Å². The molecule has 0 radical (unpaired) electrons. The Morgan fingerprint density at radius 3 is 2.45 bits per heavy atom. The molecule has 5 nitrogen and oxygen atoms in total. The molecule has 7 heteroatoms. The van der Waals surface area contributed by atoms with Crippen LogP contribution in [0.2, 0.25) is 0 Å². The maximum atomic E-state index is 12.4. The number of nitrogens with one attached hydrogen (secondary N) is 1. The molecular weight excluding hydrogens is 402 g/mol. The fourth-order valence-corrected chi connectivity index (χ4v) is 5.21. The van der Waals surface area contributed by atoms with E-state index in [2.05, 4.69) is 22.7 Å². The van der Waals surface area contributed by atoms with Gasteiger partial charge in [-0.1, -0.05) is 18.2 Å². The van der Waals surface area contributed by atoms with Crippen molar-refractivity contribution in [3.8, 4) is 16.6 Å². The van der Waals surface area contributed by atoms with Crippen LogP contribution in [-0.2, 0) is 15.8 Å². The summed E-state index contributed by atoms with van der Waals surface area (Å²) in [5.41, 5.74) is 4.72. The van der Waals surface area contributed by atoms with E-state index in [4.69, 9.17) is 5.26 Å². The molecule has 1 heterocycles. The first kappa shape index (κ1) is 19.1. The molecule has 4 aromatic rings. The van der Waals surface area contributed by atoms with Crippen LogP contribution in [0.15, 0.2) is 66.7 Å². The van der Waals surface area contributed by atoms with Gasteiger partial charge in [-0.2, -0.15) is 5.26 Å². The zero-order valence-corrected chi connectivity index (χ0v) is 17.2. The first-order valence-electron chi connectivity index (χ1n) is 8.89. The summed E-state index contributed by atoms with van der Waals surface area (Å²) in [7, 11) is -3.56. The highest BCUT2D eigenvalue weighted by Gasteiger charge is 2.13. The monoisotopic (exact) mass is 419 g/mol. The minimum Gasteiger partial charge on any atom is -0.283 e. The lowest BCUT2D eigenvalue weighted by atomic mass is 10.2. The number of nitriles is 1. The Labute approximate surface area is 173 Å². The number of rotatable bonds is 5. The van der Waals surface area contributed by atoms with Crippen molar-refractivity contribution in [2.45, 2.75) is 12.7 Å². The second-order valence-electron chi connectivity index (χ2n) is 6.74. The molecule has 0 bridgehead atoms. The van der Waals surface area contributed by atoms with Crippen molar-refractivity contribution < 1.29 is 8.42 Å². The molecule has 0 saturated carbocycles. The number of sulfonamides is 1. The number of thiazole rings is 1. The lowest BCUT2D eigenvalue weighted by Crippen LogP contribution is -2.15. The zero-order chi connectivity index (χ0) is 20.4. The van der Waals surface area contributed by atoms with Gasteiger partial charge in [0.2, 0.25) is 10.0 Å². The third-order valence-corrected chi connectivity index (χ3v) is 6.72. The molecule has 0 unspecified atom stereocenters. The van der Waals surface area contributed by atoms with E-state index in [1.54, 1.807) is 47.7 Å². The van der Waals surface area contributed by atoms with E-state index in [1.807, 2.05) is 30.3 Å². The van der Waals surface area contributed by atoms with E-state index in [9.17, 15) is 8.42 Å². The summed E-state index contributed by atoms with van der Waals surface area (Å²) in [6, 6.07) is 21.9. The van der Waals surface area contributed by atoms with Crippen molar-refractivity contribution in [2.75, 3.05) is 4.72 Å². The predicted octanol–water partition coefficient (Wildman–Crippen LogP) is 5.09. The van der Waals surface area contributed by atoms with Gasteiger partial charge >= 0.3 is 0 Å². The molecule has 0 atom stereocenters. The molecular formula is C22H17N3O2S2. The number of hydrogen-bond donors (Lipinski definition) is 1. The van der Waals surface area contributed by atoms with Gasteiger partial charge in [-0.3, -0.25) is 4.72 Å². The van der Waals surface area contributed by atoms with Crippen molar-refractivity contribution in [1.29, 1.82) is 5.26 Å². The molecule has 29 heavy (non-hydrogen) atoms. The molecule has 4 rings (SSSR count). The van der Waals surface area contributed by atoms with E-state index in [0.29, 0.717) is 16.8 Å². The largest absolute Gasteiger partial charge is 0.283 e. The van der Waals surface area contributed by atoms with Gasteiger partial charge in [0.15, 0.2) is 0 Å². The quantitative estimate of drug-likeness (QED) is 0.489. The number of nitrogens with zero attached hydrogens (tertiary/aromatic N) is 2. The van der Waals surface area contributed by atoms with Gasteiger partial charge in [0.25, 0.3) is 0 Å².